The Morgan fingerprint density at radius 1 is 1.33 bits per heavy atom. The van der Waals surface area contributed by atoms with Gasteiger partial charge in [-0.2, -0.15) is 0 Å². The van der Waals surface area contributed by atoms with Crippen molar-refractivity contribution in [1.29, 1.82) is 0 Å². The molecule has 1 spiro atoms. The van der Waals surface area contributed by atoms with E-state index in [1.165, 1.54) is 51.6 Å². The van der Waals surface area contributed by atoms with E-state index >= 15 is 0 Å². The van der Waals surface area contributed by atoms with Crippen molar-refractivity contribution in [2.24, 2.45) is 5.92 Å². The number of hydrogen-bond acceptors (Lipinski definition) is 3. The molecule has 1 saturated heterocycles. The summed E-state index contributed by atoms with van der Waals surface area (Å²) in [5.74, 6) is 0.962. The number of hydrogen-bond donors (Lipinski definition) is 1. The first kappa shape index (κ1) is 12.9. The van der Waals surface area contributed by atoms with E-state index in [4.69, 9.17) is 4.74 Å². The van der Waals surface area contributed by atoms with Crippen LogP contribution in [0, 0.1) is 5.92 Å². The summed E-state index contributed by atoms with van der Waals surface area (Å²) < 4.78 is 5.50. The molecule has 3 aliphatic rings. The molecule has 0 aromatic rings. The maximum absolute atomic E-state index is 5.50. The summed E-state index contributed by atoms with van der Waals surface area (Å²) in [7, 11) is 1.84. The van der Waals surface area contributed by atoms with E-state index in [-0.39, 0.29) is 0 Å². The Kier molecular flexibility index (Phi) is 3.65. The van der Waals surface area contributed by atoms with Gasteiger partial charge in [-0.1, -0.05) is 12.8 Å². The predicted octanol–water partition coefficient (Wildman–Crippen LogP) is 2.02. The summed E-state index contributed by atoms with van der Waals surface area (Å²) in [6.45, 7) is 5.78. The van der Waals surface area contributed by atoms with Crippen LogP contribution in [0.3, 0.4) is 0 Å². The normalized spacial score (nSPS) is 34.0. The maximum Gasteiger partial charge on any atom is 0.0670 e. The summed E-state index contributed by atoms with van der Waals surface area (Å²) in [4.78, 5) is 2.77. The van der Waals surface area contributed by atoms with Crippen LogP contribution >= 0.6 is 0 Å². The molecule has 1 N–H and O–H groups in total. The van der Waals surface area contributed by atoms with Crippen LogP contribution in [0.1, 0.15) is 45.4 Å². The molecule has 2 atom stereocenters. The molecule has 3 rings (SSSR count). The van der Waals surface area contributed by atoms with Crippen molar-refractivity contribution >= 4 is 0 Å². The van der Waals surface area contributed by atoms with Crippen molar-refractivity contribution in [2.45, 2.75) is 63.1 Å². The summed E-state index contributed by atoms with van der Waals surface area (Å²) >= 11 is 0. The fourth-order valence-electron chi connectivity index (χ4n) is 3.92. The lowest BCUT2D eigenvalue weighted by Gasteiger charge is -2.49. The molecule has 2 aliphatic carbocycles. The Balaban J connectivity index is 1.68. The topological polar surface area (TPSA) is 24.5 Å². The van der Waals surface area contributed by atoms with Gasteiger partial charge in [-0.3, -0.25) is 4.90 Å². The molecule has 3 fully saturated rings. The van der Waals surface area contributed by atoms with Crippen molar-refractivity contribution in [3.63, 3.8) is 0 Å². The molecule has 1 heterocycles. The first-order valence-electron chi connectivity index (χ1n) is 7.75. The van der Waals surface area contributed by atoms with Gasteiger partial charge < -0.3 is 10.1 Å². The predicted molar refractivity (Wildman–Crippen MR) is 73.8 cm³/mol. The van der Waals surface area contributed by atoms with Crippen molar-refractivity contribution in [2.75, 3.05) is 26.7 Å². The van der Waals surface area contributed by atoms with Crippen molar-refractivity contribution in [3.05, 3.63) is 0 Å². The van der Waals surface area contributed by atoms with Gasteiger partial charge in [-0.25, -0.2) is 0 Å². The monoisotopic (exact) mass is 252 g/mol. The molecular formula is C15H28N2O. The molecule has 0 radical (unpaired) electrons. The summed E-state index contributed by atoms with van der Waals surface area (Å²) in [5, 5.41) is 3.85. The van der Waals surface area contributed by atoms with Crippen LogP contribution in [0.4, 0.5) is 0 Å². The van der Waals surface area contributed by atoms with E-state index in [1.54, 1.807) is 0 Å². The lowest BCUT2D eigenvalue weighted by molar-refractivity contribution is -0.00778. The number of ether oxygens (including phenoxy) is 1. The van der Waals surface area contributed by atoms with Crippen LogP contribution in [-0.4, -0.2) is 49.3 Å². The Morgan fingerprint density at radius 2 is 2.06 bits per heavy atom. The summed E-state index contributed by atoms with van der Waals surface area (Å²) in [6.07, 6.45) is 8.83. The lowest BCUT2D eigenvalue weighted by atomic mass is 9.89. The van der Waals surface area contributed by atoms with Gasteiger partial charge >= 0.3 is 0 Å². The van der Waals surface area contributed by atoms with Crippen molar-refractivity contribution in [3.8, 4) is 0 Å². The second kappa shape index (κ2) is 5.10. The third-order valence-electron chi connectivity index (χ3n) is 5.39. The molecule has 0 amide bonds. The van der Waals surface area contributed by atoms with Gasteiger partial charge in [-0.15, -0.1) is 0 Å². The van der Waals surface area contributed by atoms with E-state index in [0.29, 0.717) is 11.6 Å². The van der Waals surface area contributed by atoms with Gasteiger partial charge in [0.15, 0.2) is 0 Å². The lowest BCUT2D eigenvalue weighted by Crippen LogP contribution is -2.65. The van der Waals surface area contributed by atoms with Crippen LogP contribution in [0.5, 0.6) is 0 Å². The van der Waals surface area contributed by atoms with Crippen LogP contribution < -0.4 is 5.32 Å². The molecule has 3 heteroatoms. The molecule has 104 valence electrons. The zero-order valence-electron chi connectivity index (χ0n) is 12.0. The second-order valence-electron chi connectivity index (χ2n) is 6.71. The Hall–Kier alpha value is -0.120. The third kappa shape index (κ3) is 2.45. The molecule has 0 bridgehead atoms. The first-order chi connectivity index (χ1) is 8.73. The van der Waals surface area contributed by atoms with Crippen LogP contribution in [0.25, 0.3) is 0 Å². The highest BCUT2D eigenvalue weighted by Gasteiger charge is 2.46. The minimum atomic E-state index is 0.362. The quantitative estimate of drug-likeness (QED) is 0.828. The number of nitrogens with one attached hydrogen (secondary N) is 1. The highest BCUT2D eigenvalue weighted by molar-refractivity contribution is 5.04. The fourth-order valence-corrected chi connectivity index (χ4v) is 3.92. The maximum atomic E-state index is 5.50. The van der Waals surface area contributed by atoms with Gasteiger partial charge in [0.1, 0.15) is 0 Å². The molecule has 0 aromatic heterocycles. The van der Waals surface area contributed by atoms with E-state index in [1.807, 2.05) is 7.11 Å². The van der Waals surface area contributed by atoms with E-state index in [0.717, 1.165) is 18.5 Å². The molecular weight excluding hydrogens is 224 g/mol. The van der Waals surface area contributed by atoms with E-state index in [9.17, 15) is 0 Å². The second-order valence-corrected chi connectivity index (χ2v) is 6.71. The molecule has 3 nitrogen and oxygen atoms in total. The smallest absolute Gasteiger partial charge is 0.0670 e. The van der Waals surface area contributed by atoms with Crippen LogP contribution in [-0.2, 0) is 4.74 Å². The number of methoxy groups -OCH3 is 1. The Labute approximate surface area is 111 Å². The standard InChI is InChI=1S/C15H28N2O/c1-12(18-2)9-17-10-14(13-5-6-13)16-11-15(17)7-3-4-8-15/h12-14,16H,3-11H2,1-2H3. The van der Waals surface area contributed by atoms with Crippen LogP contribution in [0.15, 0.2) is 0 Å². The molecule has 18 heavy (non-hydrogen) atoms. The van der Waals surface area contributed by atoms with Gasteiger partial charge in [0.2, 0.25) is 0 Å². The SMILES string of the molecule is COC(C)CN1CC(C2CC2)NCC12CCCC2. The molecule has 2 saturated carbocycles. The van der Waals surface area contributed by atoms with Gasteiger partial charge in [0.25, 0.3) is 0 Å². The summed E-state index contributed by atoms with van der Waals surface area (Å²) in [6, 6.07) is 0.750. The minimum absolute atomic E-state index is 0.362. The minimum Gasteiger partial charge on any atom is -0.380 e. The number of rotatable bonds is 4. The third-order valence-corrected chi connectivity index (χ3v) is 5.39. The van der Waals surface area contributed by atoms with Gasteiger partial charge in [0.05, 0.1) is 6.10 Å². The first-order valence-corrected chi connectivity index (χ1v) is 7.75. The number of piperazine rings is 1. The van der Waals surface area contributed by atoms with Crippen molar-refractivity contribution < 1.29 is 4.74 Å². The van der Waals surface area contributed by atoms with Gasteiger partial charge in [0, 0.05) is 38.3 Å². The Bertz CT molecular complexity index is 284. The van der Waals surface area contributed by atoms with E-state index < -0.39 is 0 Å². The van der Waals surface area contributed by atoms with Crippen molar-refractivity contribution in [1.82, 2.24) is 10.2 Å². The highest BCUT2D eigenvalue weighted by Crippen LogP contribution is 2.41. The molecule has 1 aliphatic heterocycles. The number of nitrogens with zero attached hydrogens (tertiary/aromatic N) is 1. The summed E-state index contributed by atoms with van der Waals surface area (Å²) in [5.41, 5.74) is 0.457. The average molecular weight is 252 g/mol. The molecule has 2 unspecified atom stereocenters. The fraction of sp³-hybridized carbons (Fsp3) is 1.00. The molecule has 0 aromatic carbocycles. The van der Waals surface area contributed by atoms with Gasteiger partial charge in [-0.05, 0) is 38.5 Å². The average Bonchev–Trinajstić information content (AvgIpc) is 3.13. The largest absolute Gasteiger partial charge is 0.380 e. The zero-order chi connectivity index (χ0) is 12.6. The Morgan fingerprint density at radius 3 is 2.67 bits per heavy atom. The van der Waals surface area contributed by atoms with E-state index in [2.05, 4.69) is 17.1 Å². The van der Waals surface area contributed by atoms with Crippen LogP contribution in [0.2, 0.25) is 0 Å². The zero-order valence-corrected chi connectivity index (χ0v) is 12.0. The highest BCUT2D eigenvalue weighted by atomic mass is 16.5.